The van der Waals surface area contributed by atoms with Gasteiger partial charge in [-0.1, -0.05) is 18.2 Å². The van der Waals surface area contributed by atoms with Crippen molar-refractivity contribution in [3.8, 4) is 11.5 Å². The third-order valence-corrected chi connectivity index (χ3v) is 5.23. The largest absolute Gasteiger partial charge is 0.493 e. The van der Waals surface area contributed by atoms with Crippen molar-refractivity contribution in [3.05, 3.63) is 59.0 Å². The Labute approximate surface area is 166 Å². The Morgan fingerprint density at radius 2 is 1.75 bits per heavy atom. The Bertz CT molecular complexity index is 1080. The molecule has 0 aliphatic heterocycles. The van der Waals surface area contributed by atoms with Crippen molar-refractivity contribution in [3.63, 3.8) is 0 Å². The first-order valence-corrected chi connectivity index (χ1v) is 9.27. The maximum Gasteiger partial charge on any atom is 0.337 e. The van der Waals surface area contributed by atoms with Gasteiger partial charge in [0.25, 0.3) is 0 Å². The van der Waals surface area contributed by atoms with E-state index in [-0.39, 0.29) is 17.0 Å². The monoisotopic (exact) mass is 397 g/mol. The van der Waals surface area contributed by atoms with Crippen LogP contribution in [0.5, 0.6) is 11.5 Å². The summed E-state index contributed by atoms with van der Waals surface area (Å²) in [7, 11) is 2.86. The Morgan fingerprint density at radius 3 is 2.43 bits per heavy atom. The van der Waals surface area contributed by atoms with E-state index < -0.39 is 11.9 Å². The molecule has 0 fully saturated rings. The van der Waals surface area contributed by atoms with Crippen molar-refractivity contribution >= 4 is 44.6 Å². The minimum Gasteiger partial charge on any atom is -0.493 e. The van der Waals surface area contributed by atoms with E-state index in [0.717, 1.165) is 21.2 Å². The third kappa shape index (κ3) is 3.84. The molecule has 0 aliphatic carbocycles. The van der Waals surface area contributed by atoms with Crippen LogP contribution in [0.25, 0.3) is 15.7 Å². The zero-order valence-corrected chi connectivity index (χ0v) is 16.4. The molecule has 28 heavy (non-hydrogen) atoms. The fourth-order valence-electron chi connectivity index (χ4n) is 2.89. The molecule has 0 radical (unpaired) electrons. The third-order valence-electron chi connectivity index (χ3n) is 4.27. The van der Waals surface area contributed by atoms with Gasteiger partial charge in [-0.25, -0.2) is 4.79 Å². The van der Waals surface area contributed by atoms with Gasteiger partial charge in [0.15, 0.2) is 11.5 Å². The van der Waals surface area contributed by atoms with Crippen LogP contribution in [0.3, 0.4) is 0 Å². The number of carboxylic acids is 1. The molecular weight excluding hydrogens is 378 g/mol. The van der Waals surface area contributed by atoms with E-state index in [4.69, 9.17) is 9.47 Å². The molecule has 0 bridgehead atoms. The van der Waals surface area contributed by atoms with E-state index in [0.29, 0.717) is 5.75 Å². The van der Waals surface area contributed by atoms with Crippen molar-refractivity contribution < 1.29 is 24.2 Å². The molecule has 0 spiro atoms. The summed E-state index contributed by atoms with van der Waals surface area (Å²) in [5, 5.41) is 15.2. The van der Waals surface area contributed by atoms with Gasteiger partial charge in [-0.2, -0.15) is 0 Å². The molecule has 3 rings (SSSR count). The predicted molar refractivity (Wildman–Crippen MR) is 111 cm³/mol. The van der Waals surface area contributed by atoms with Gasteiger partial charge in [0.05, 0.1) is 25.5 Å². The van der Waals surface area contributed by atoms with Gasteiger partial charge in [0.1, 0.15) is 0 Å². The first kappa shape index (κ1) is 19.4. The minimum absolute atomic E-state index is 0.0852. The number of aromatic carboxylic acids is 1. The summed E-state index contributed by atoms with van der Waals surface area (Å²) >= 11 is 1.61. The van der Waals surface area contributed by atoms with Crippen molar-refractivity contribution in [1.82, 2.24) is 0 Å². The molecule has 0 aliphatic rings. The number of benzene rings is 2. The number of hydrogen-bond donors (Lipinski definition) is 2. The highest BCUT2D eigenvalue weighted by Gasteiger charge is 2.17. The number of amides is 1. The van der Waals surface area contributed by atoms with Crippen LogP contribution in [-0.4, -0.2) is 31.2 Å². The molecular formula is C21H19NO5S. The number of fused-ring (bicyclic) bond motifs is 1. The minimum atomic E-state index is -1.18. The van der Waals surface area contributed by atoms with Gasteiger partial charge in [0.2, 0.25) is 5.91 Å². The van der Waals surface area contributed by atoms with Gasteiger partial charge in [-0.3, -0.25) is 4.79 Å². The standard InChI is InChI=1S/C21H19NO5S/c1-12(15-11-28-19-7-5-4-6-13(15)19)8-20(23)22-16-10-18(27-3)17(26-2)9-14(16)21(24)25/h4-11H,1-3H3,(H,22,23)(H,24,25)/b12-8-. The summed E-state index contributed by atoms with van der Waals surface area (Å²) in [5.74, 6) is -1.01. The lowest BCUT2D eigenvalue weighted by Gasteiger charge is -2.13. The van der Waals surface area contributed by atoms with Crippen molar-refractivity contribution in [2.24, 2.45) is 0 Å². The van der Waals surface area contributed by atoms with E-state index in [2.05, 4.69) is 5.32 Å². The van der Waals surface area contributed by atoms with Gasteiger partial charge >= 0.3 is 5.97 Å². The van der Waals surface area contributed by atoms with E-state index in [9.17, 15) is 14.7 Å². The van der Waals surface area contributed by atoms with Crippen LogP contribution in [0.1, 0.15) is 22.8 Å². The smallest absolute Gasteiger partial charge is 0.337 e. The summed E-state index contributed by atoms with van der Waals surface area (Å²) in [6, 6.07) is 10.7. The van der Waals surface area contributed by atoms with Crippen LogP contribution in [0.15, 0.2) is 47.9 Å². The number of ether oxygens (including phenoxy) is 2. The quantitative estimate of drug-likeness (QED) is 0.591. The molecule has 1 heterocycles. The fourth-order valence-corrected chi connectivity index (χ4v) is 3.91. The van der Waals surface area contributed by atoms with Gasteiger partial charge in [-0.05, 0) is 34.9 Å². The summed E-state index contributed by atoms with van der Waals surface area (Å²) in [6.45, 7) is 1.85. The summed E-state index contributed by atoms with van der Waals surface area (Å²) in [6.07, 6.45) is 1.46. The number of methoxy groups -OCH3 is 2. The van der Waals surface area contributed by atoms with Gasteiger partial charge in [-0.15, -0.1) is 11.3 Å². The number of thiophene rings is 1. The Morgan fingerprint density at radius 1 is 1.07 bits per heavy atom. The second-order valence-corrected chi connectivity index (χ2v) is 6.93. The molecule has 6 nitrogen and oxygen atoms in total. The first-order chi connectivity index (χ1) is 13.4. The number of rotatable bonds is 6. The number of allylic oxidation sites excluding steroid dienone is 1. The van der Waals surface area contributed by atoms with E-state index >= 15 is 0 Å². The summed E-state index contributed by atoms with van der Waals surface area (Å²) in [4.78, 5) is 24.1. The SMILES string of the molecule is COc1cc(NC(=O)/C=C(/C)c2csc3ccccc23)c(C(=O)O)cc1OC. The molecule has 0 unspecified atom stereocenters. The van der Waals surface area contributed by atoms with Crippen LogP contribution in [0, 0.1) is 0 Å². The van der Waals surface area contributed by atoms with Gasteiger partial charge < -0.3 is 19.9 Å². The molecule has 2 aromatic carbocycles. The van der Waals surface area contributed by atoms with Crippen LogP contribution >= 0.6 is 11.3 Å². The van der Waals surface area contributed by atoms with Crippen molar-refractivity contribution in [1.29, 1.82) is 0 Å². The highest BCUT2D eigenvalue weighted by Crippen LogP contribution is 2.34. The Hall–Kier alpha value is -3.32. The van der Waals surface area contributed by atoms with Gasteiger partial charge in [0, 0.05) is 22.9 Å². The zero-order chi connectivity index (χ0) is 20.3. The number of nitrogens with one attached hydrogen (secondary N) is 1. The average molecular weight is 397 g/mol. The molecule has 1 aromatic heterocycles. The number of carbonyl (C=O) groups excluding carboxylic acids is 1. The zero-order valence-electron chi connectivity index (χ0n) is 15.6. The molecule has 3 aromatic rings. The second kappa shape index (κ2) is 8.14. The maximum absolute atomic E-state index is 12.5. The molecule has 2 N–H and O–H groups in total. The van der Waals surface area contributed by atoms with Crippen molar-refractivity contribution in [2.75, 3.05) is 19.5 Å². The van der Waals surface area contributed by atoms with Crippen LogP contribution in [0.4, 0.5) is 5.69 Å². The number of anilines is 1. The van der Waals surface area contributed by atoms with E-state index in [1.807, 2.05) is 36.6 Å². The molecule has 0 saturated heterocycles. The molecule has 144 valence electrons. The highest BCUT2D eigenvalue weighted by molar-refractivity contribution is 7.17. The summed E-state index contributed by atoms with van der Waals surface area (Å²) in [5.41, 5.74) is 1.81. The highest BCUT2D eigenvalue weighted by atomic mass is 32.1. The van der Waals surface area contributed by atoms with Crippen LogP contribution in [-0.2, 0) is 4.79 Å². The lowest BCUT2D eigenvalue weighted by molar-refractivity contribution is -0.111. The predicted octanol–water partition coefficient (Wildman–Crippen LogP) is 4.66. The first-order valence-electron chi connectivity index (χ1n) is 8.39. The Balaban J connectivity index is 1.92. The number of carboxylic acid groups (broad SMARTS) is 1. The molecule has 0 saturated carbocycles. The lowest BCUT2D eigenvalue weighted by atomic mass is 10.1. The van der Waals surface area contributed by atoms with Crippen molar-refractivity contribution in [2.45, 2.75) is 6.92 Å². The molecule has 7 heteroatoms. The molecule has 0 atom stereocenters. The normalized spacial score (nSPS) is 11.3. The van der Waals surface area contributed by atoms with E-state index in [1.165, 1.54) is 32.4 Å². The summed E-state index contributed by atoms with van der Waals surface area (Å²) < 4.78 is 11.5. The average Bonchev–Trinajstić information content (AvgIpc) is 3.11. The second-order valence-electron chi connectivity index (χ2n) is 6.02. The van der Waals surface area contributed by atoms with Crippen LogP contribution in [0.2, 0.25) is 0 Å². The van der Waals surface area contributed by atoms with Crippen LogP contribution < -0.4 is 14.8 Å². The fraction of sp³-hybridized carbons (Fsp3) is 0.143. The lowest BCUT2D eigenvalue weighted by Crippen LogP contribution is -2.13. The topological polar surface area (TPSA) is 84.9 Å². The molecule has 1 amide bonds. The Kier molecular flexibility index (Phi) is 5.65. The number of hydrogen-bond acceptors (Lipinski definition) is 5. The van der Waals surface area contributed by atoms with E-state index in [1.54, 1.807) is 11.3 Å². The maximum atomic E-state index is 12.5. The number of carbonyl (C=O) groups is 2.